The number of hydrogen-bond acceptors (Lipinski definition) is 3. The highest BCUT2D eigenvalue weighted by molar-refractivity contribution is 5.16. The van der Waals surface area contributed by atoms with E-state index in [9.17, 15) is 0 Å². The first-order chi connectivity index (χ1) is 5.45. The summed E-state index contributed by atoms with van der Waals surface area (Å²) in [6.45, 7) is 2.09. The third kappa shape index (κ3) is 1.49. The second-order valence-electron chi connectivity index (χ2n) is 2.56. The van der Waals surface area contributed by atoms with E-state index < -0.39 is 0 Å². The van der Waals surface area contributed by atoms with Crippen molar-refractivity contribution < 1.29 is 4.84 Å². The fourth-order valence-electron chi connectivity index (χ4n) is 0.927. The molecule has 0 N–H and O–H groups in total. The van der Waals surface area contributed by atoms with Gasteiger partial charge in [-0.05, 0) is 6.42 Å². The van der Waals surface area contributed by atoms with Crippen LogP contribution in [0.4, 0.5) is 0 Å². The van der Waals surface area contributed by atoms with Gasteiger partial charge in [0.1, 0.15) is 0 Å². The molecule has 1 fully saturated rings. The second kappa shape index (κ2) is 2.88. The van der Waals surface area contributed by atoms with E-state index in [4.69, 9.17) is 4.84 Å². The minimum atomic E-state index is 0.875. The molecule has 0 aromatic carbocycles. The molecule has 0 spiro atoms. The molecule has 0 bridgehead atoms. The van der Waals surface area contributed by atoms with Gasteiger partial charge in [0.05, 0.1) is 0 Å². The average molecular weight is 150 g/mol. The van der Waals surface area contributed by atoms with E-state index in [-0.39, 0.29) is 0 Å². The van der Waals surface area contributed by atoms with Crippen LogP contribution in [0.1, 0.15) is 6.42 Å². The Morgan fingerprint density at radius 2 is 2.00 bits per heavy atom. The number of nitrogens with zero attached hydrogens (tertiary/aromatic N) is 2. The second-order valence-corrected chi connectivity index (χ2v) is 2.56. The van der Waals surface area contributed by atoms with Crippen LogP contribution in [0, 0.1) is 0 Å². The molecule has 0 unspecified atom stereocenters. The number of rotatable bonds is 2. The topological polar surface area (TPSA) is 25.4 Å². The standard InChI is InChI=1S/C8H10N2O/c1-6-10(7-1)11-8-2-4-9-5-3-8/h2-5H,1,6-7H2. The summed E-state index contributed by atoms with van der Waals surface area (Å²) in [7, 11) is 0. The molecule has 1 aliphatic heterocycles. The van der Waals surface area contributed by atoms with E-state index >= 15 is 0 Å². The molecule has 1 aromatic heterocycles. The summed E-state index contributed by atoms with van der Waals surface area (Å²) in [5.74, 6) is 0.875. The Bertz CT molecular complexity index is 221. The van der Waals surface area contributed by atoms with Gasteiger partial charge in [0, 0.05) is 37.6 Å². The Balaban J connectivity index is 1.95. The normalized spacial score (nSPS) is 17.5. The van der Waals surface area contributed by atoms with Gasteiger partial charge in [-0.15, -0.1) is 5.06 Å². The number of aromatic nitrogens is 1. The van der Waals surface area contributed by atoms with Gasteiger partial charge in [-0.3, -0.25) is 4.98 Å². The van der Waals surface area contributed by atoms with Crippen LogP contribution >= 0.6 is 0 Å². The fourth-order valence-corrected chi connectivity index (χ4v) is 0.927. The number of pyridine rings is 1. The van der Waals surface area contributed by atoms with Crippen LogP contribution in [-0.4, -0.2) is 23.1 Å². The summed E-state index contributed by atoms with van der Waals surface area (Å²) in [6, 6.07) is 3.72. The maximum atomic E-state index is 5.44. The van der Waals surface area contributed by atoms with Crippen molar-refractivity contribution in [3.8, 4) is 5.75 Å². The number of hydroxylamine groups is 2. The highest BCUT2D eigenvalue weighted by Gasteiger charge is 2.14. The Kier molecular flexibility index (Phi) is 1.73. The molecule has 58 valence electrons. The minimum Gasteiger partial charge on any atom is -0.406 e. The molecule has 0 aliphatic carbocycles. The first-order valence-electron chi connectivity index (χ1n) is 3.78. The van der Waals surface area contributed by atoms with Gasteiger partial charge in [-0.2, -0.15) is 0 Å². The summed E-state index contributed by atoms with van der Waals surface area (Å²) in [4.78, 5) is 9.34. The molecule has 2 rings (SSSR count). The van der Waals surface area contributed by atoms with Crippen molar-refractivity contribution in [3.63, 3.8) is 0 Å². The fraction of sp³-hybridized carbons (Fsp3) is 0.375. The van der Waals surface area contributed by atoms with Gasteiger partial charge >= 0.3 is 0 Å². The Labute approximate surface area is 65.6 Å². The zero-order valence-corrected chi connectivity index (χ0v) is 6.23. The van der Waals surface area contributed by atoms with Crippen molar-refractivity contribution in [3.05, 3.63) is 24.5 Å². The van der Waals surface area contributed by atoms with Crippen molar-refractivity contribution >= 4 is 0 Å². The van der Waals surface area contributed by atoms with Gasteiger partial charge in [0.15, 0.2) is 5.75 Å². The van der Waals surface area contributed by atoms with E-state index in [0.717, 1.165) is 18.8 Å². The maximum absolute atomic E-state index is 5.44. The van der Waals surface area contributed by atoms with Crippen LogP contribution < -0.4 is 4.84 Å². The molecule has 1 aromatic rings. The van der Waals surface area contributed by atoms with Crippen LogP contribution in [0.15, 0.2) is 24.5 Å². The minimum absolute atomic E-state index is 0.875. The summed E-state index contributed by atoms with van der Waals surface area (Å²) >= 11 is 0. The smallest absolute Gasteiger partial charge is 0.150 e. The van der Waals surface area contributed by atoms with Crippen molar-refractivity contribution in [1.29, 1.82) is 0 Å². The molecule has 11 heavy (non-hydrogen) atoms. The quantitative estimate of drug-likeness (QED) is 0.630. The lowest BCUT2D eigenvalue weighted by Gasteiger charge is -2.29. The lowest BCUT2D eigenvalue weighted by molar-refractivity contribution is -0.107. The van der Waals surface area contributed by atoms with Gasteiger partial charge in [0.2, 0.25) is 0 Å². The van der Waals surface area contributed by atoms with Crippen molar-refractivity contribution in [2.45, 2.75) is 6.42 Å². The first kappa shape index (κ1) is 6.61. The summed E-state index contributed by atoms with van der Waals surface area (Å²) in [5.41, 5.74) is 0. The van der Waals surface area contributed by atoms with Gasteiger partial charge < -0.3 is 4.84 Å². The third-order valence-corrected chi connectivity index (χ3v) is 1.70. The molecule has 1 aliphatic rings. The molecule has 1 saturated heterocycles. The van der Waals surface area contributed by atoms with E-state index in [1.807, 2.05) is 17.2 Å². The third-order valence-electron chi connectivity index (χ3n) is 1.70. The van der Waals surface area contributed by atoms with Crippen LogP contribution in [-0.2, 0) is 0 Å². The SMILES string of the molecule is c1cc(ON2CCC2)ccn1. The molecule has 0 amide bonds. The largest absolute Gasteiger partial charge is 0.406 e. The van der Waals surface area contributed by atoms with Crippen LogP contribution in [0.3, 0.4) is 0 Å². The zero-order valence-electron chi connectivity index (χ0n) is 6.23. The molecular formula is C8H10N2O. The molecular weight excluding hydrogens is 140 g/mol. The van der Waals surface area contributed by atoms with Crippen molar-refractivity contribution in [2.75, 3.05) is 13.1 Å². The van der Waals surface area contributed by atoms with Crippen LogP contribution in [0.25, 0.3) is 0 Å². The Hall–Kier alpha value is -1.09. The Morgan fingerprint density at radius 3 is 2.55 bits per heavy atom. The summed E-state index contributed by atoms with van der Waals surface area (Å²) in [6.07, 6.45) is 4.70. The Morgan fingerprint density at radius 1 is 1.27 bits per heavy atom. The number of hydrogen-bond donors (Lipinski definition) is 0. The van der Waals surface area contributed by atoms with E-state index in [1.165, 1.54) is 6.42 Å². The monoisotopic (exact) mass is 150 g/mol. The highest BCUT2D eigenvalue weighted by Crippen LogP contribution is 2.13. The molecule has 0 atom stereocenters. The lowest BCUT2D eigenvalue weighted by Crippen LogP contribution is -2.39. The predicted molar refractivity (Wildman–Crippen MR) is 41.1 cm³/mol. The average Bonchev–Trinajstić information content (AvgIpc) is 1.99. The highest BCUT2D eigenvalue weighted by atomic mass is 16.7. The van der Waals surface area contributed by atoms with Gasteiger partial charge in [0.25, 0.3) is 0 Å². The summed E-state index contributed by atoms with van der Waals surface area (Å²) in [5, 5.41) is 1.94. The summed E-state index contributed by atoms with van der Waals surface area (Å²) < 4.78 is 0. The van der Waals surface area contributed by atoms with Gasteiger partial charge in [-0.25, -0.2) is 0 Å². The van der Waals surface area contributed by atoms with E-state index in [0.29, 0.717) is 0 Å². The van der Waals surface area contributed by atoms with Crippen LogP contribution in [0.2, 0.25) is 0 Å². The molecule has 0 saturated carbocycles. The van der Waals surface area contributed by atoms with Gasteiger partial charge in [-0.1, -0.05) is 0 Å². The first-order valence-corrected chi connectivity index (χ1v) is 3.78. The van der Waals surface area contributed by atoms with E-state index in [1.54, 1.807) is 12.4 Å². The van der Waals surface area contributed by atoms with E-state index in [2.05, 4.69) is 4.98 Å². The molecule has 3 nitrogen and oxygen atoms in total. The predicted octanol–water partition coefficient (Wildman–Crippen LogP) is 1.08. The van der Waals surface area contributed by atoms with Crippen LogP contribution in [0.5, 0.6) is 5.75 Å². The molecule has 0 radical (unpaired) electrons. The molecule has 2 heterocycles. The van der Waals surface area contributed by atoms with Crippen molar-refractivity contribution in [1.82, 2.24) is 10.0 Å². The zero-order chi connectivity index (χ0) is 7.52. The molecule has 3 heteroatoms. The van der Waals surface area contributed by atoms with Crippen molar-refractivity contribution in [2.24, 2.45) is 0 Å². The maximum Gasteiger partial charge on any atom is 0.150 e. The lowest BCUT2D eigenvalue weighted by atomic mass is 10.3.